The fourth-order valence-corrected chi connectivity index (χ4v) is 6.83. The largest absolute Gasteiger partial charge is 0.462 e. The lowest BCUT2D eigenvalue weighted by Crippen LogP contribution is -2.51. The van der Waals surface area contributed by atoms with Crippen LogP contribution in [0.1, 0.15) is 53.7 Å². The fourth-order valence-electron chi connectivity index (χ4n) is 5.95. The predicted molar refractivity (Wildman–Crippen MR) is 193 cm³/mol. The third-order valence-corrected chi connectivity index (χ3v) is 9.29. The first-order chi connectivity index (χ1) is 24.5. The van der Waals surface area contributed by atoms with Crippen molar-refractivity contribution in [2.75, 3.05) is 36.1 Å². The van der Waals surface area contributed by atoms with Crippen LogP contribution in [-0.4, -0.2) is 85.6 Å². The average molecular weight is 763 g/mol. The molecule has 1 saturated heterocycles. The number of furan rings is 1. The molecule has 0 radical (unpaired) electrons. The number of nitrogens with zero attached hydrogens (tertiary/aromatic N) is 3. The first kappa shape index (κ1) is 39.3. The van der Waals surface area contributed by atoms with Gasteiger partial charge in [-0.15, -0.1) is 0 Å². The van der Waals surface area contributed by atoms with Crippen LogP contribution in [0.2, 0.25) is 0 Å². The van der Waals surface area contributed by atoms with E-state index in [9.17, 15) is 31.2 Å². The number of piperidine rings is 1. The summed E-state index contributed by atoms with van der Waals surface area (Å²) < 4.78 is 99.6. The molecule has 11 nitrogen and oxygen atoms in total. The summed E-state index contributed by atoms with van der Waals surface area (Å²) in [5.41, 5.74) is -0.924. The minimum atomic E-state index is -4.63. The Hall–Kier alpha value is -4.91. The van der Waals surface area contributed by atoms with E-state index in [4.69, 9.17) is 13.9 Å². The van der Waals surface area contributed by atoms with Gasteiger partial charge in [0.1, 0.15) is 23.9 Å². The monoisotopic (exact) mass is 762 g/mol. The second-order valence-corrected chi connectivity index (χ2v) is 16.8. The molecule has 0 aliphatic carbocycles. The van der Waals surface area contributed by atoms with Crippen LogP contribution in [0.3, 0.4) is 0 Å². The Morgan fingerprint density at radius 1 is 1.02 bits per heavy atom. The van der Waals surface area contributed by atoms with Crippen LogP contribution in [0.25, 0.3) is 21.9 Å². The van der Waals surface area contributed by atoms with Gasteiger partial charge in [-0.2, -0.15) is 13.2 Å². The van der Waals surface area contributed by atoms with Crippen molar-refractivity contribution in [3.63, 3.8) is 0 Å². The van der Waals surface area contributed by atoms with E-state index in [2.05, 4.69) is 17.2 Å². The summed E-state index contributed by atoms with van der Waals surface area (Å²) in [6.07, 6.45) is -5.05. The molecule has 16 heteroatoms. The minimum Gasteiger partial charge on any atom is -0.462 e. The SMILES string of the molecule is CC(C)(C)OC(=O)N1CC[C@@H](Nc2cccc3c2cc(C#CCN(C(=O)OC(C)(C)C)c2ccc(S(C)(=O)=O)c4ccoc24)n3CC(F)(F)F)[C@@H](F)C1. The molecular weight excluding hydrogens is 720 g/mol. The maximum Gasteiger partial charge on any atom is 0.415 e. The van der Waals surface area contributed by atoms with Gasteiger partial charge in [0.25, 0.3) is 0 Å². The summed E-state index contributed by atoms with van der Waals surface area (Å²) in [5, 5.41) is 3.71. The number of alkyl halides is 4. The Bertz CT molecular complexity index is 2190. The summed E-state index contributed by atoms with van der Waals surface area (Å²) >= 11 is 0. The summed E-state index contributed by atoms with van der Waals surface area (Å²) in [4.78, 5) is 28.4. The number of carbonyl (C=O) groups is 2. The van der Waals surface area contributed by atoms with Gasteiger partial charge in [0, 0.05) is 29.3 Å². The van der Waals surface area contributed by atoms with Gasteiger partial charge in [-0.25, -0.2) is 22.4 Å². The van der Waals surface area contributed by atoms with Crippen molar-refractivity contribution in [2.24, 2.45) is 0 Å². The zero-order valence-corrected chi connectivity index (χ0v) is 31.2. The number of rotatable bonds is 6. The van der Waals surface area contributed by atoms with Gasteiger partial charge in [-0.3, -0.25) is 4.90 Å². The Labute approximate surface area is 305 Å². The molecule has 5 rings (SSSR count). The number of fused-ring (bicyclic) bond motifs is 2. The maximum absolute atomic E-state index is 15.4. The average Bonchev–Trinajstić information content (AvgIpc) is 3.63. The number of nitrogens with one attached hydrogen (secondary N) is 1. The molecule has 2 amide bonds. The van der Waals surface area contributed by atoms with E-state index in [0.29, 0.717) is 11.1 Å². The molecule has 3 heterocycles. The standard InChI is InChI=1S/C37H42F4N4O7S/c1-35(2,3)51-33(46)43-18-15-28(26(38)21-43)42-27-11-8-12-29-25(27)20-23(45(29)22-37(39,40)41)10-9-17-44(34(47)52-36(4,5)6)30-13-14-31(53(7,48)49)24-16-19-50-32(24)30/h8,11-14,16,19-20,26,28,42H,15,17-18,21-22H2,1-7H3/t26-,28+/m0/s1. The smallest absolute Gasteiger partial charge is 0.415 e. The number of hydrogen-bond donors (Lipinski definition) is 1. The van der Waals surface area contributed by atoms with Crippen molar-refractivity contribution in [1.29, 1.82) is 0 Å². The molecular formula is C37H42F4N4O7S. The molecule has 0 saturated carbocycles. The number of ether oxygens (including phenoxy) is 2. The van der Waals surface area contributed by atoms with Crippen molar-refractivity contribution in [3.05, 3.63) is 54.4 Å². The van der Waals surface area contributed by atoms with Crippen LogP contribution in [0, 0.1) is 11.8 Å². The topological polar surface area (TPSA) is 123 Å². The number of likely N-dealkylation sites (tertiary alicyclic amines) is 1. The molecule has 0 bridgehead atoms. The van der Waals surface area contributed by atoms with Crippen LogP contribution in [0.4, 0.5) is 38.5 Å². The lowest BCUT2D eigenvalue weighted by molar-refractivity contribution is -0.140. The van der Waals surface area contributed by atoms with E-state index in [1.54, 1.807) is 53.7 Å². The van der Waals surface area contributed by atoms with Crippen LogP contribution >= 0.6 is 0 Å². The summed E-state index contributed by atoms with van der Waals surface area (Å²) in [6, 6.07) is 9.55. The van der Waals surface area contributed by atoms with Gasteiger partial charge >= 0.3 is 18.4 Å². The Balaban J connectivity index is 1.48. The van der Waals surface area contributed by atoms with Crippen LogP contribution < -0.4 is 10.2 Å². The van der Waals surface area contributed by atoms with Crippen molar-refractivity contribution in [1.82, 2.24) is 9.47 Å². The molecule has 0 spiro atoms. The van der Waals surface area contributed by atoms with Gasteiger partial charge in [0.15, 0.2) is 15.4 Å². The molecule has 2 atom stereocenters. The maximum atomic E-state index is 15.4. The summed E-state index contributed by atoms with van der Waals surface area (Å²) in [5.74, 6) is 5.57. The van der Waals surface area contributed by atoms with Gasteiger partial charge in [0.2, 0.25) is 0 Å². The number of anilines is 2. The third kappa shape index (κ3) is 9.56. The van der Waals surface area contributed by atoms with Gasteiger partial charge < -0.3 is 28.7 Å². The van der Waals surface area contributed by atoms with E-state index in [-0.39, 0.29) is 58.8 Å². The highest BCUT2D eigenvalue weighted by molar-refractivity contribution is 7.91. The number of aromatic nitrogens is 1. The van der Waals surface area contributed by atoms with Crippen molar-refractivity contribution in [2.45, 2.75) is 89.0 Å². The minimum absolute atomic E-state index is 0.0195. The Morgan fingerprint density at radius 3 is 2.34 bits per heavy atom. The van der Waals surface area contributed by atoms with Gasteiger partial charge in [-0.05, 0) is 90.3 Å². The molecule has 4 aromatic rings. The second kappa shape index (κ2) is 14.5. The third-order valence-electron chi connectivity index (χ3n) is 8.13. The van der Waals surface area contributed by atoms with E-state index < -0.39 is 58.2 Å². The molecule has 1 N–H and O–H groups in total. The highest BCUT2D eigenvalue weighted by Crippen LogP contribution is 2.35. The van der Waals surface area contributed by atoms with E-state index in [0.717, 1.165) is 15.7 Å². The molecule has 53 heavy (non-hydrogen) atoms. The lowest BCUT2D eigenvalue weighted by Gasteiger charge is -2.36. The van der Waals surface area contributed by atoms with E-state index >= 15 is 4.39 Å². The lowest BCUT2D eigenvalue weighted by atomic mass is 10.0. The number of carbonyl (C=O) groups excluding carboxylic acids is 2. The summed E-state index contributed by atoms with van der Waals surface area (Å²) in [6.45, 7) is 8.35. The highest BCUT2D eigenvalue weighted by atomic mass is 32.2. The predicted octanol–water partition coefficient (Wildman–Crippen LogP) is 7.91. The van der Waals surface area contributed by atoms with Gasteiger partial charge in [-0.1, -0.05) is 12.0 Å². The zero-order valence-electron chi connectivity index (χ0n) is 30.4. The number of halogens is 4. The molecule has 1 fully saturated rings. The number of benzene rings is 2. The number of amides is 2. The first-order valence-electron chi connectivity index (χ1n) is 16.8. The summed E-state index contributed by atoms with van der Waals surface area (Å²) in [7, 11) is -3.67. The highest BCUT2D eigenvalue weighted by Gasteiger charge is 2.35. The van der Waals surface area contributed by atoms with Crippen LogP contribution in [0.5, 0.6) is 0 Å². The molecule has 0 unspecified atom stereocenters. The van der Waals surface area contributed by atoms with Gasteiger partial charge in [0.05, 0.1) is 47.2 Å². The van der Waals surface area contributed by atoms with E-state index in [1.807, 2.05) is 0 Å². The Morgan fingerprint density at radius 2 is 1.72 bits per heavy atom. The van der Waals surface area contributed by atoms with Crippen LogP contribution in [0.15, 0.2) is 58.0 Å². The Kier molecular flexibility index (Phi) is 10.7. The second-order valence-electron chi connectivity index (χ2n) is 14.8. The quantitative estimate of drug-likeness (QED) is 0.155. The molecule has 1 aliphatic heterocycles. The van der Waals surface area contributed by atoms with Crippen LogP contribution in [-0.2, 0) is 25.9 Å². The molecule has 2 aromatic heterocycles. The molecule has 286 valence electrons. The molecule has 1 aliphatic rings. The van der Waals surface area contributed by atoms with Crippen molar-refractivity contribution < 1.29 is 49.5 Å². The zero-order chi connectivity index (χ0) is 39.1. The van der Waals surface area contributed by atoms with Crippen molar-refractivity contribution >= 4 is 55.3 Å². The number of sulfone groups is 1. The number of hydrogen-bond acceptors (Lipinski definition) is 8. The first-order valence-corrected chi connectivity index (χ1v) is 18.7. The van der Waals surface area contributed by atoms with E-state index in [1.165, 1.54) is 41.5 Å². The molecule has 2 aromatic carbocycles. The van der Waals surface area contributed by atoms with Crippen molar-refractivity contribution in [3.8, 4) is 11.8 Å². The fraction of sp³-hybridized carbons (Fsp3) is 0.459. The normalized spacial score (nSPS) is 17.0.